The summed E-state index contributed by atoms with van der Waals surface area (Å²) in [5, 5.41) is 9.10. The van der Waals surface area contributed by atoms with E-state index in [1.165, 1.54) is 12.1 Å². The Bertz CT molecular complexity index is 449. The average molecular weight is 206 g/mol. The highest BCUT2D eigenvalue weighted by atomic mass is 19.1. The number of benzene rings is 1. The van der Waals surface area contributed by atoms with Crippen LogP contribution in [0.3, 0.4) is 0 Å². The summed E-state index contributed by atoms with van der Waals surface area (Å²) >= 11 is 0. The van der Waals surface area contributed by atoms with E-state index < -0.39 is 11.9 Å². The summed E-state index contributed by atoms with van der Waals surface area (Å²) in [5.74, 6) is -1.47. The lowest BCUT2D eigenvalue weighted by Crippen LogP contribution is -2.09. The lowest BCUT2D eigenvalue weighted by atomic mass is 9.98. The predicted octanol–water partition coefficient (Wildman–Crippen LogP) is 2.43. The molecule has 2 aliphatic rings. The maximum atomic E-state index is 13.1. The molecule has 78 valence electrons. The molecular weight excluding hydrogens is 195 g/mol. The van der Waals surface area contributed by atoms with Crippen molar-refractivity contribution in [2.24, 2.45) is 0 Å². The number of hydrogen-bond acceptors (Lipinski definition) is 1. The fourth-order valence-electron chi connectivity index (χ4n) is 2.75. The molecule has 0 amide bonds. The first-order chi connectivity index (χ1) is 7.12. The Morgan fingerprint density at radius 1 is 1.47 bits per heavy atom. The van der Waals surface area contributed by atoms with Gasteiger partial charge in [0.1, 0.15) is 5.82 Å². The van der Waals surface area contributed by atoms with Crippen molar-refractivity contribution < 1.29 is 14.3 Å². The number of fused-ring (bicyclic) bond motifs is 2. The summed E-state index contributed by atoms with van der Waals surface area (Å²) in [5.41, 5.74) is 1.76. The van der Waals surface area contributed by atoms with Crippen LogP contribution in [0.2, 0.25) is 0 Å². The van der Waals surface area contributed by atoms with E-state index in [1.54, 1.807) is 6.07 Å². The normalized spacial score (nSPS) is 25.3. The van der Waals surface area contributed by atoms with E-state index in [1.807, 2.05) is 0 Å². The number of rotatable bonds is 1. The van der Waals surface area contributed by atoms with E-state index in [9.17, 15) is 9.18 Å². The fourth-order valence-corrected chi connectivity index (χ4v) is 2.75. The monoisotopic (exact) mass is 206 g/mol. The van der Waals surface area contributed by atoms with E-state index in [2.05, 4.69) is 0 Å². The lowest BCUT2D eigenvalue weighted by Gasteiger charge is -2.06. The maximum absolute atomic E-state index is 13.1. The highest BCUT2D eigenvalue weighted by molar-refractivity contribution is 5.79. The molecule has 0 aliphatic heterocycles. The fraction of sp³-hybridized carbons (Fsp3) is 0.417. The van der Waals surface area contributed by atoms with Crippen LogP contribution in [0.5, 0.6) is 0 Å². The zero-order valence-electron chi connectivity index (χ0n) is 8.16. The van der Waals surface area contributed by atoms with Crippen LogP contribution in [0.25, 0.3) is 0 Å². The summed E-state index contributed by atoms with van der Waals surface area (Å²) in [6, 6.07) is 4.51. The predicted molar refractivity (Wildman–Crippen MR) is 52.3 cm³/mol. The molecule has 3 rings (SSSR count). The molecule has 2 aliphatic carbocycles. The molecule has 1 unspecified atom stereocenters. The molecule has 1 spiro atoms. The highest BCUT2D eigenvalue weighted by Gasteiger charge is 2.53. The van der Waals surface area contributed by atoms with Crippen molar-refractivity contribution in [3.63, 3.8) is 0 Å². The van der Waals surface area contributed by atoms with Gasteiger partial charge in [-0.15, -0.1) is 0 Å². The van der Waals surface area contributed by atoms with Crippen LogP contribution in [0.1, 0.15) is 36.3 Å². The molecule has 1 aromatic rings. The van der Waals surface area contributed by atoms with E-state index in [4.69, 9.17) is 5.11 Å². The van der Waals surface area contributed by atoms with Crippen LogP contribution in [-0.4, -0.2) is 11.1 Å². The first-order valence-electron chi connectivity index (χ1n) is 5.15. The third-order valence-corrected chi connectivity index (χ3v) is 3.71. The lowest BCUT2D eigenvalue weighted by molar-refractivity contribution is -0.138. The van der Waals surface area contributed by atoms with Crippen LogP contribution in [0, 0.1) is 5.82 Å². The molecule has 1 saturated carbocycles. The van der Waals surface area contributed by atoms with Crippen LogP contribution >= 0.6 is 0 Å². The first kappa shape index (κ1) is 8.89. The van der Waals surface area contributed by atoms with Crippen molar-refractivity contribution in [2.75, 3.05) is 0 Å². The van der Waals surface area contributed by atoms with Gasteiger partial charge in [-0.3, -0.25) is 4.79 Å². The van der Waals surface area contributed by atoms with E-state index in [0.29, 0.717) is 6.42 Å². The number of carbonyl (C=O) groups is 1. The molecular formula is C12H11FO2. The molecule has 15 heavy (non-hydrogen) atoms. The molecule has 0 heterocycles. The van der Waals surface area contributed by atoms with E-state index in [0.717, 1.165) is 24.0 Å². The van der Waals surface area contributed by atoms with Gasteiger partial charge < -0.3 is 5.11 Å². The van der Waals surface area contributed by atoms with Gasteiger partial charge >= 0.3 is 5.97 Å². The molecule has 1 atom stereocenters. The molecule has 3 heteroatoms. The second kappa shape index (κ2) is 2.60. The average Bonchev–Trinajstić information content (AvgIpc) is 2.87. The summed E-state index contributed by atoms with van der Waals surface area (Å²) in [6.07, 6.45) is 2.67. The number of hydrogen-bond donors (Lipinski definition) is 1. The maximum Gasteiger partial charge on any atom is 0.311 e. The standard InChI is InChI=1S/C12H11FO2/c13-7-1-2-8-9(11(14)15)6-12(3-4-12)10(8)5-7/h1-2,5,9H,3-4,6H2,(H,14,15). The second-order valence-corrected chi connectivity index (χ2v) is 4.61. The Kier molecular flexibility index (Phi) is 1.54. The Balaban J connectivity index is 2.15. The van der Waals surface area contributed by atoms with Crippen molar-refractivity contribution in [1.82, 2.24) is 0 Å². The van der Waals surface area contributed by atoms with Crippen molar-refractivity contribution >= 4 is 5.97 Å². The molecule has 0 radical (unpaired) electrons. The van der Waals surface area contributed by atoms with Crippen molar-refractivity contribution in [2.45, 2.75) is 30.6 Å². The molecule has 0 saturated heterocycles. The molecule has 2 nitrogen and oxygen atoms in total. The zero-order valence-corrected chi connectivity index (χ0v) is 8.16. The summed E-state index contributed by atoms with van der Waals surface area (Å²) in [4.78, 5) is 11.1. The Morgan fingerprint density at radius 2 is 2.20 bits per heavy atom. The summed E-state index contributed by atoms with van der Waals surface area (Å²) < 4.78 is 13.1. The molecule has 1 fully saturated rings. The zero-order chi connectivity index (χ0) is 10.6. The van der Waals surface area contributed by atoms with Crippen molar-refractivity contribution in [1.29, 1.82) is 0 Å². The van der Waals surface area contributed by atoms with Gasteiger partial charge in [-0.05, 0) is 47.9 Å². The number of halogens is 1. The highest BCUT2D eigenvalue weighted by Crippen LogP contribution is 2.60. The third kappa shape index (κ3) is 1.12. The quantitative estimate of drug-likeness (QED) is 0.766. The minimum absolute atomic E-state index is 0.000486. The van der Waals surface area contributed by atoms with E-state index >= 15 is 0 Å². The largest absolute Gasteiger partial charge is 0.481 e. The topological polar surface area (TPSA) is 37.3 Å². The van der Waals surface area contributed by atoms with Gasteiger partial charge in [-0.2, -0.15) is 0 Å². The van der Waals surface area contributed by atoms with Crippen LogP contribution in [-0.2, 0) is 10.2 Å². The Labute approximate surface area is 86.7 Å². The SMILES string of the molecule is O=C(O)C1CC2(CC2)c2cc(F)ccc21. The molecule has 0 bridgehead atoms. The molecule has 1 aromatic carbocycles. The van der Waals surface area contributed by atoms with Gasteiger partial charge in [0.05, 0.1) is 5.92 Å². The van der Waals surface area contributed by atoms with Crippen molar-refractivity contribution in [3.05, 3.63) is 35.1 Å². The minimum Gasteiger partial charge on any atom is -0.481 e. The van der Waals surface area contributed by atoms with Gasteiger partial charge in [0.25, 0.3) is 0 Å². The number of carboxylic acids is 1. The van der Waals surface area contributed by atoms with Crippen LogP contribution in [0.15, 0.2) is 18.2 Å². The molecule has 1 N–H and O–H groups in total. The first-order valence-corrected chi connectivity index (χ1v) is 5.15. The Morgan fingerprint density at radius 3 is 2.80 bits per heavy atom. The van der Waals surface area contributed by atoms with E-state index in [-0.39, 0.29) is 11.2 Å². The second-order valence-electron chi connectivity index (χ2n) is 4.61. The molecule has 0 aromatic heterocycles. The van der Waals surface area contributed by atoms with Gasteiger partial charge in [-0.1, -0.05) is 6.07 Å². The Hall–Kier alpha value is -1.38. The van der Waals surface area contributed by atoms with Crippen LogP contribution < -0.4 is 0 Å². The summed E-state index contributed by atoms with van der Waals surface area (Å²) in [6.45, 7) is 0. The van der Waals surface area contributed by atoms with Crippen molar-refractivity contribution in [3.8, 4) is 0 Å². The van der Waals surface area contributed by atoms with Crippen LogP contribution in [0.4, 0.5) is 4.39 Å². The number of carboxylic acid groups (broad SMARTS) is 1. The third-order valence-electron chi connectivity index (χ3n) is 3.71. The smallest absolute Gasteiger partial charge is 0.311 e. The summed E-state index contributed by atoms with van der Waals surface area (Å²) in [7, 11) is 0. The minimum atomic E-state index is -0.786. The number of aliphatic carboxylic acids is 1. The van der Waals surface area contributed by atoms with Gasteiger partial charge in [-0.25, -0.2) is 4.39 Å². The van der Waals surface area contributed by atoms with Gasteiger partial charge in [0.15, 0.2) is 0 Å². The van der Waals surface area contributed by atoms with Gasteiger partial charge in [0.2, 0.25) is 0 Å². The van der Waals surface area contributed by atoms with Gasteiger partial charge in [0, 0.05) is 0 Å².